The van der Waals surface area contributed by atoms with Gasteiger partial charge in [-0.05, 0) is 31.7 Å². The van der Waals surface area contributed by atoms with Crippen molar-refractivity contribution in [3.63, 3.8) is 0 Å². The van der Waals surface area contributed by atoms with Crippen LogP contribution in [0.4, 0.5) is 11.8 Å². The number of rotatable bonds is 3. The largest absolute Gasteiger partial charge is 0.381 e. The third-order valence-electron chi connectivity index (χ3n) is 3.35. The van der Waals surface area contributed by atoms with Crippen LogP contribution in [0.1, 0.15) is 17.7 Å². The van der Waals surface area contributed by atoms with Gasteiger partial charge >= 0.3 is 0 Å². The summed E-state index contributed by atoms with van der Waals surface area (Å²) >= 11 is 1.65. The molecule has 2 aromatic heterocycles. The Labute approximate surface area is 116 Å². The second kappa shape index (κ2) is 5.30. The molecule has 0 amide bonds. The van der Waals surface area contributed by atoms with Crippen LogP contribution in [-0.2, 0) is 4.74 Å². The summed E-state index contributed by atoms with van der Waals surface area (Å²) in [5, 5.41) is 4.47. The van der Waals surface area contributed by atoms with Gasteiger partial charge in [-0.2, -0.15) is 4.98 Å². The average Bonchev–Trinajstić information content (AvgIpc) is 2.77. The Morgan fingerprint density at radius 1 is 1.53 bits per heavy atom. The number of nitrogens with zero attached hydrogens (tertiary/aromatic N) is 2. The van der Waals surface area contributed by atoms with Crippen LogP contribution in [-0.4, -0.2) is 29.7 Å². The van der Waals surface area contributed by atoms with Crippen LogP contribution < -0.4 is 11.1 Å². The molecule has 0 aromatic carbocycles. The van der Waals surface area contributed by atoms with E-state index in [1.165, 1.54) is 11.3 Å². The molecule has 0 radical (unpaired) electrons. The molecule has 1 atom stereocenters. The van der Waals surface area contributed by atoms with Crippen LogP contribution in [0.15, 0.2) is 6.07 Å². The monoisotopic (exact) mass is 278 g/mol. The second-order valence-electron chi connectivity index (χ2n) is 4.97. The Hall–Kier alpha value is -1.40. The van der Waals surface area contributed by atoms with E-state index in [2.05, 4.69) is 28.3 Å². The first-order chi connectivity index (χ1) is 9.22. The van der Waals surface area contributed by atoms with Crippen molar-refractivity contribution in [2.75, 3.05) is 30.8 Å². The van der Waals surface area contributed by atoms with E-state index in [0.717, 1.165) is 42.2 Å². The number of thiophene rings is 1. The highest BCUT2D eigenvalue weighted by Crippen LogP contribution is 2.29. The summed E-state index contributed by atoms with van der Waals surface area (Å²) < 4.78 is 5.49. The number of fused-ring (bicyclic) bond motifs is 1. The fourth-order valence-corrected chi connectivity index (χ4v) is 3.29. The van der Waals surface area contributed by atoms with Crippen molar-refractivity contribution in [2.24, 2.45) is 5.92 Å². The number of nitrogens with one attached hydrogen (secondary N) is 1. The number of aryl methyl sites for hydroxylation is 1. The molecular weight excluding hydrogens is 260 g/mol. The summed E-state index contributed by atoms with van der Waals surface area (Å²) in [6, 6.07) is 2.11. The van der Waals surface area contributed by atoms with Gasteiger partial charge in [0.05, 0.1) is 12.0 Å². The summed E-state index contributed by atoms with van der Waals surface area (Å²) in [7, 11) is 0. The zero-order chi connectivity index (χ0) is 13.2. The van der Waals surface area contributed by atoms with Crippen molar-refractivity contribution >= 4 is 33.3 Å². The maximum Gasteiger partial charge on any atom is 0.223 e. The van der Waals surface area contributed by atoms with Gasteiger partial charge in [0.2, 0.25) is 5.95 Å². The molecule has 0 saturated carbocycles. The summed E-state index contributed by atoms with van der Waals surface area (Å²) in [5.41, 5.74) is 5.76. The molecular formula is C13H18N4OS. The molecule has 3 N–H and O–H groups in total. The molecule has 1 fully saturated rings. The SMILES string of the molecule is Cc1cc2c(NCC3CCCOC3)nc(N)nc2s1. The lowest BCUT2D eigenvalue weighted by molar-refractivity contribution is 0.0595. The van der Waals surface area contributed by atoms with Gasteiger partial charge in [-0.25, -0.2) is 4.98 Å². The van der Waals surface area contributed by atoms with Crippen LogP contribution in [0.25, 0.3) is 10.2 Å². The fraction of sp³-hybridized carbons (Fsp3) is 0.538. The van der Waals surface area contributed by atoms with E-state index in [1.807, 2.05) is 0 Å². The van der Waals surface area contributed by atoms with Crippen LogP contribution >= 0.6 is 11.3 Å². The first-order valence-corrected chi connectivity index (χ1v) is 7.39. The first-order valence-electron chi connectivity index (χ1n) is 6.57. The molecule has 3 heterocycles. The molecule has 5 nitrogen and oxygen atoms in total. The lowest BCUT2D eigenvalue weighted by atomic mass is 10.0. The molecule has 1 aliphatic heterocycles. The first kappa shape index (κ1) is 12.6. The van der Waals surface area contributed by atoms with E-state index in [0.29, 0.717) is 11.9 Å². The van der Waals surface area contributed by atoms with Gasteiger partial charge in [0.1, 0.15) is 10.6 Å². The smallest absolute Gasteiger partial charge is 0.223 e. The van der Waals surface area contributed by atoms with E-state index in [1.54, 1.807) is 11.3 Å². The highest BCUT2D eigenvalue weighted by molar-refractivity contribution is 7.18. The van der Waals surface area contributed by atoms with Gasteiger partial charge in [0, 0.05) is 18.0 Å². The van der Waals surface area contributed by atoms with Gasteiger partial charge < -0.3 is 15.8 Å². The van der Waals surface area contributed by atoms with Gasteiger partial charge in [-0.1, -0.05) is 0 Å². The van der Waals surface area contributed by atoms with E-state index >= 15 is 0 Å². The maximum atomic E-state index is 5.76. The van der Waals surface area contributed by atoms with Gasteiger partial charge in [0.25, 0.3) is 0 Å². The predicted octanol–water partition coefficient (Wildman–Crippen LogP) is 2.42. The number of hydrogen-bond donors (Lipinski definition) is 2. The quantitative estimate of drug-likeness (QED) is 0.902. The molecule has 3 rings (SSSR count). The Bertz CT molecular complexity index is 577. The summed E-state index contributed by atoms with van der Waals surface area (Å²) in [5.74, 6) is 1.73. The lowest BCUT2D eigenvalue weighted by Gasteiger charge is -2.22. The van der Waals surface area contributed by atoms with E-state index < -0.39 is 0 Å². The molecule has 102 valence electrons. The van der Waals surface area contributed by atoms with Crippen molar-refractivity contribution in [1.29, 1.82) is 0 Å². The van der Waals surface area contributed by atoms with Gasteiger partial charge in [0.15, 0.2) is 0 Å². The van der Waals surface area contributed by atoms with Crippen LogP contribution in [0, 0.1) is 12.8 Å². The third kappa shape index (κ3) is 2.79. The van der Waals surface area contributed by atoms with Gasteiger partial charge in [-0.15, -0.1) is 11.3 Å². The number of nitrogen functional groups attached to an aromatic ring is 1. The Morgan fingerprint density at radius 3 is 3.21 bits per heavy atom. The van der Waals surface area contributed by atoms with Crippen molar-refractivity contribution in [2.45, 2.75) is 19.8 Å². The summed E-state index contributed by atoms with van der Waals surface area (Å²) in [6.07, 6.45) is 2.35. The molecule has 0 aliphatic carbocycles. The Kier molecular flexibility index (Phi) is 3.52. The normalized spacial score (nSPS) is 19.7. The minimum Gasteiger partial charge on any atom is -0.381 e. The molecule has 0 bridgehead atoms. The zero-order valence-electron chi connectivity index (χ0n) is 11.0. The molecule has 1 aliphatic rings. The topological polar surface area (TPSA) is 73.1 Å². The number of anilines is 2. The fourth-order valence-electron chi connectivity index (χ4n) is 2.40. The molecule has 19 heavy (non-hydrogen) atoms. The van der Waals surface area contributed by atoms with Gasteiger partial charge in [-0.3, -0.25) is 0 Å². The minimum atomic E-state index is 0.330. The van der Waals surface area contributed by atoms with Crippen molar-refractivity contribution in [1.82, 2.24) is 9.97 Å². The molecule has 0 spiro atoms. The highest BCUT2D eigenvalue weighted by atomic mass is 32.1. The van der Waals surface area contributed by atoms with E-state index in [4.69, 9.17) is 10.5 Å². The van der Waals surface area contributed by atoms with Crippen LogP contribution in [0.3, 0.4) is 0 Å². The average molecular weight is 278 g/mol. The zero-order valence-corrected chi connectivity index (χ0v) is 11.8. The number of aromatic nitrogens is 2. The van der Waals surface area contributed by atoms with Crippen LogP contribution in [0.2, 0.25) is 0 Å². The van der Waals surface area contributed by atoms with E-state index in [9.17, 15) is 0 Å². The molecule has 6 heteroatoms. The minimum absolute atomic E-state index is 0.330. The van der Waals surface area contributed by atoms with Crippen LogP contribution in [0.5, 0.6) is 0 Å². The number of nitrogens with two attached hydrogens (primary N) is 1. The Morgan fingerprint density at radius 2 is 2.42 bits per heavy atom. The lowest BCUT2D eigenvalue weighted by Crippen LogP contribution is -2.24. The maximum absolute atomic E-state index is 5.76. The van der Waals surface area contributed by atoms with Crippen molar-refractivity contribution in [3.05, 3.63) is 10.9 Å². The Balaban J connectivity index is 1.79. The van der Waals surface area contributed by atoms with Crippen molar-refractivity contribution < 1.29 is 4.74 Å². The third-order valence-corrected chi connectivity index (χ3v) is 4.29. The summed E-state index contributed by atoms with van der Waals surface area (Å²) in [6.45, 7) is 4.67. The second-order valence-corrected chi connectivity index (χ2v) is 6.21. The van der Waals surface area contributed by atoms with Crippen molar-refractivity contribution in [3.8, 4) is 0 Å². The molecule has 1 saturated heterocycles. The summed E-state index contributed by atoms with van der Waals surface area (Å²) in [4.78, 5) is 10.8. The van der Waals surface area contributed by atoms with E-state index in [-0.39, 0.29) is 0 Å². The number of ether oxygens (including phenoxy) is 1. The highest BCUT2D eigenvalue weighted by Gasteiger charge is 2.15. The predicted molar refractivity (Wildman–Crippen MR) is 78.6 cm³/mol. The molecule has 1 unspecified atom stereocenters. The standard InChI is InChI=1S/C13H18N4OS/c1-8-5-10-11(16-13(14)17-12(10)19-8)15-6-9-3-2-4-18-7-9/h5,9H,2-4,6-7H2,1H3,(H3,14,15,16,17). The molecule has 2 aromatic rings. The number of hydrogen-bond acceptors (Lipinski definition) is 6.